The van der Waals surface area contributed by atoms with Gasteiger partial charge in [-0.05, 0) is 12.8 Å². The Bertz CT molecular complexity index is 1150. The third-order valence-electron chi connectivity index (χ3n) is 4.99. The normalized spacial score (nSPS) is 20.7. The number of nitrogen functional groups attached to an aromatic ring is 1. The number of aromatic nitrogens is 3. The number of carbonyl (C=O) groups is 3. The highest BCUT2D eigenvalue weighted by Crippen LogP contribution is 2.41. The van der Waals surface area contributed by atoms with Crippen LogP contribution in [0.1, 0.15) is 24.1 Å². The smallest absolute Gasteiger partial charge is 0.353 e. The summed E-state index contributed by atoms with van der Waals surface area (Å²) in [5, 5.41) is 31.1. The van der Waals surface area contributed by atoms with Gasteiger partial charge in [-0.1, -0.05) is 28.1 Å². The van der Waals surface area contributed by atoms with Crippen LogP contribution in [-0.2, 0) is 20.1 Å². The molecule has 0 saturated carbocycles. The summed E-state index contributed by atoms with van der Waals surface area (Å²) in [6.07, 6.45) is 4.24. The molecule has 2 aliphatic heterocycles. The van der Waals surface area contributed by atoms with Gasteiger partial charge in [0.25, 0.3) is 11.8 Å². The van der Waals surface area contributed by atoms with Gasteiger partial charge in [0.15, 0.2) is 10.8 Å². The lowest BCUT2D eigenvalue weighted by atomic mass is 9.86. The lowest BCUT2D eigenvalue weighted by molar-refractivity contribution is -0.155. The molecule has 32 heavy (non-hydrogen) atoms. The Morgan fingerprint density at radius 2 is 2.28 bits per heavy atom. The lowest BCUT2D eigenvalue weighted by Gasteiger charge is -2.50. The van der Waals surface area contributed by atoms with Gasteiger partial charge in [0, 0.05) is 22.4 Å². The monoisotopic (exact) mass is 497 g/mol. The van der Waals surface area contributed by atoms with Crippen LogP contribution in [0, 0.1) is 0 Å². The average Bonchev–Trinajstić information content (AvgIpc) is 3.39. The number of allylic oxidation sites excluding steroid dienone is 1. The fourth-order valence-corrected chi connectivity index (χ4v) is 5.58. The second-order valence-electron chi connectivity index (χ2n) is 6.86. The molecule has 2 unspecified atom stereocenters. The molecule has 4 heterocycles. The molecule has 4 rings (SSSR count). The molecule has 0 bridgehead atoms. The van der Waals surface area contributed by atoms with Crippen LogP contribution >= 0.6 is 34.7 Å². The van der Waals surface area contributed by atoms with Crippen molar-refractivity contribution in [2.45, 2.75) is 30.7 Å². The van der Waals surface area contributed by atoms with Gasteiger partial charge in [0.2, 0.25) is 0 Å². The molecule has 2 atom stereocenters. The van der Waals surface area contributed by atoms with Gasteiger partial charge < -0.3 is 21.4 Å². The van der Waals surface area contributed by atoms with E-state index < -0.39 is 35.6 Å². The number of aliphatic carboxylic acids is 1. The minimum Gasteiger partial charge on any atom is -0.477 e. The predicted octanol–water partition coefficient (Wildman–Crippen LogP) is 0.999. The van der Waals surface area contributed by atoms with Crippen LogP contribution in [0.15, 0.2) is 28.2 Å². The zero-order valence-electron chi connectivity index (χ0n) is 16.1. The second kappa shape index (κ2) is 8.80. The predicted molar refractivity (Wildman–Crippen MR) is 116 cm³/mol. The second-order valence-corrected chi connectivity index (χ2v) is 9.56. The molecule has 0 aromatic carbocycles. The van der Waals surface area contributed by atoms with E-state index in [1.165, 1.54) is 16.7 Å². The fraction of sp³-hybridized carbons (Fsp3) is 0.294. The number of thiazole rings is 1. The first-order valence-corrected chi connectivity index (χ1v) is 11.3. The highest BCUT2D eigenvalue weighted by atomic mass is 35.5. The Hall–Kier alpha value is -3.10. The van der Waals surface area contributed by atoms with Crippen molar-refractivity contribution in [3.8, 4) is 0 Å². The van der Waals surface area contributed by atoms with Crippen LogP contribution in [0.25, 0.3) is 0 Å². The number of hydrogen-bond acceptors (Lipinski definition) is 10. The SMILES string of the molecule is Nc1nc(/C(=N/O)C(=O)NC2C(=O)N3C(C(=O)O)=C(SCc4cn[nH]c4)CCC23)c(Cl)s1. The van der Waals surface area contributed by atoms with Gasteiger partial charge in [0.1, 0.15) is 21.8 Å². The number of hydrogen-bond donors (Lipinski definition) is 5. The Morgan fingerprint density at radius 3 is 2.88 bits per heavy atom. The van der Waals surface area contributed by atoms with Crippen LogP contribution in [-0.4, -0.2) is 66.0 Å². The number of nitrogens with zero attached hydrogens (tertiary/aromatic N) is 4. The number of oxime groups is 1. The lowest BCUT2D eigenvalue weighted by Crippen LogP contribution is -2.72. The molecule has 2 aromatic heterocycles. The van der Waals surface area contributed by atoms with Crippen molar-refractivity contribution >= 4 is 63.3 Å². The number of nitrogens with one attached hydrogen (secondary N) is 2. The molecule has 2 aliphatic rings. The van der Waals surface area contributed by atoms with Gasteiger partial charge in [-0.3, -0.25) is 19.6 Å². The summed E-state index contributed by atoms with van der Waals surface area (Å²) < 4.78 is 0.0556. The summed E-state index contributed by atoms with van der Waals surface area (Å²) in [4.78, 5) is 42.9. The van der Waals surface area contributed by atoms with Gasteiger partial charge >= 0.3 is 5.97 Å². The van der Waals surface area contributed by atoms with E-state index in [-0.39, 0.29) is 20.9 Å². The molecule has 1 fully saturated rings. The molecular formula is C17H16ClN7O5S2. The summed E-state index contributed by atoms with van der Waals surface area (Å²) >= 11 is 8.20. The molecule has 2 amide bonds. The summed E-state index contributed by atoms with van der Waals surface area (Å²) in [5.41, 5.74) is 5.77. The number of aromatic amines is 1. The van der Waals surface area contributed by atoms with Crippen molar-refractivity contribution < 1.29 is 24.7 Å². The van der Waals surface area contributed by atoms with E-state index in [2.05, 4.69) is 25.7 Å². The topological polar surface area (TPSA) is 187 Å². The highest BCUT2D eigenvalue weighted by molar-refractivity contribution is 8.02. The molecule has 0 radical (unpaired) electrons. The number of halogens is 1. The fourth-order valence-electron chi connectivity index (χ4n) is 3.57. The minimum atomic E-state index is -1.22. The van der Waals surface area contributed by atoms with E-state index in [0.717, 1.165) is 16.9 Å². The van der Waals surface area contributed by atoms with Crippen LogP contribution in [0.4, 0.5) is 5.13 Å². The molecule has 0 spiro atoms. The van der Waals surface area contributed by atoms with Crippen molar-refractivity contribution in [3.05, 3.63) is 38.6 Å². The number of fused-ring (bicyclic) bond motifs is 1. The third-order valence-corrected chi connectivity index (χ3v) is 7.30. The van der Waals surface area contributed by atoms with Gasteiger partial charge in [-0.2, -0.15) is 5.10 Å². The van der Waals surface area contributed by atoms with Crippen LogP contribution < -0.4 is 11.1 Å². The number of H-pyrrole nitrogens is 1. The van der Waals surface area contributed by atoms with E-state index in [4.69, 9.17) is 17.3 Å². The first-order valence-electron chi connectivity index (χ1n) is 9.16. The molecule has 12 nitrogen and oxygen atoms in total. The van der Waals surface area contributed by atoms with E-state index >= 15 is 0 Å². The van der Waals surface area contributed by atoms with Crippen LogP contribution in [0.5, 0.6) is 0 Å². The quantitative estimate of drug-likeness (QED) is 0.161. The van der Waals surface area contributed by atoms with Crippen LogP contribution in [0.2, 0.25) is 4.34 Å². The zero-order valence-corrected chi connectivity index (χ0v) is 18.5. The van der Waals surface area contributed by atoms with Gasteiger partial charge in [0.05, 0.1) is 12.2 Å². The minimum absolute atomic E-state index is 0.0556. The third kappa shape index (κ3) is 3.91. The number of amides is 2. The zero-order chi connectivity index (χ0) is 23.0. The molecule has 6 N–H and O–H groups in total. The van der Waals surface area contributed by atoms with Crippen molar-refractivity contribution in [3.63, 3.8) is 0 Å². The standard InChI is InChI=1S/C17H16ClN7O5S2/c18-13-10(23-17(19)32-13)11(24-30)14(26)22-9-7-1-2-8(31-5-6-3-20-21-4-6)12(16(28)29)25(7)15(9)27/h3-4,7,9,30H,1-2,5H2,(H2,19,23)(H,20,21)(H,22,26)(H,28,29)/b24-11-. The van der Waals surface area contributed by atoms with Crippen molar-refractivity contribution in [2.24, 2.45) is 5.16 Å². The molecule has 1 saturated heterocycles. The van der Waals surface area contributed by atoms with Gasteiger partial charge in [-0.25, -0.2) is 9.78 Å². The van der Waals surface area contributed by atoms with Crippen molar-refractivity contribution in [1.82, 2.24) is 25.4 Å². The van der Waals surface area contributed by atoms with Crippen LogP contribution in [0.3, 0.4) is 0 Å². The number of nitrogens with two attached hydrogens (primary N) is 1. The number of carbonyl (C=O) groups excluding carboxylic acids is 2. The Labute approximate surface area is 193 Å². The first-order chi connectivity index (χ1) is 15.3. The number of β-lactam (4-membered cyclic amide) rings is 1. The summed E-state index contributed by atoms with van der Waals surface area (Å²) in [7, 11) is 0. The number of carboxylic acid groups (broad SMARTS) is 1. The number of thioether (sulfide) groups is 1. The highest BCUT2D eigenvalue weighted by Gasteiger charge is 2.53. The Balaban J connectivity index is 1.49. The summed E-state index contributed by atoms with van der Waals surface area (Å²) in [6.45, 7) is 0. The average molecular weight is 498 g/mol. The molecular weight excluding hydrogens is 482 g/mol. The maximum absolute atomic E-state index is 12.8. The number of rotatable bonds is 7. The first kappa shape index (κ1) is 22.1. The molecule has 15 heteroatoms. The van der Waals surface area contributed by atoms with E-state index in [1.807, 2.05) is 0 Å². The van der Waals surface area contributed by atoms with E-state index in [0.29, 0.717) is 23.5 Å². The molecule has 168 valence electrons. The van der Waals surface area contributed by atoms with Gasteiger partial charge in [-0.15, -0.1) is 11.8 Å². The largest absolute Gasteiger partial charge is 0.477 e. The molecule has 2 aromatic rings. The van der Waals surface area contributed by atoms with Crippen molar-refractivity contribution in [1.29, 1.82) is 0 Å². The van der Waals surface area contributed by atoms with E-state index in [9.17, 15) is 24.7 Å². The Kier molecular flexibility index (Phi) is 6.08. The maximum atomic E-state index is 12.8. The Morgan fingerprint density at radius 1 is 1.50 bits per heavy atom. The summed E-state index contributed by atoms with van der Waals surface area (Å²) in [5.74, 6) is -2.16. The van der Waals surface area contributed by atoms with Crippen molar-refractivity contribution in [2.75, 3.05) is 5.73 Å². The number of carboxylic acids is 1. The molecule has 0 aliphatic carbocycles. The number of anilines is 1. The summed E-state index contributed by atoms with van der Waals surface area (Å²) in [6, 6.07) is -1.50. The van der Waals surface area contributed by atoms with E-state index in [1.54, 1.807) is 12.4 Å². The maximum Gasteiger partial charge on any atom is 0.353 e.